The van der Waals surface area contributed by atoms with Crippen LogP contribution in [0.15, 0.2) is 53.4 Å². The predicted molar refractivity (Wildman–Crippen MR) is 124 cm³/mol. The average Bonchev–Trinajstić information content (AvgIpc) is 3.29. The minimum Gasteiger partial charge on any atom is -0.379 e. The van der Waals surface area contributed by atoms with E-state index in [1.54, 1.807) is 34.4 Å². The minimum atomic E-state index is -3.76. The Morgan fingerprint density at radius 2 is 1.78 bits per heavy atom. The summed E-state index contributed by atoms with van der Waals surface area (Å²) in [5.41, 5.74) is 1.22. The predicted octanol–water partition coefficient (Wildman–Crippen LogP) is 3.34. The third kappa shape index (κ3) is 4.05. The van der Waals surface area contributed by atoms with E-state index in [2.05, 4.69) is 6.07 Å². The summed E-state index contributed by atoms with van der Waals surface area (Å²) < 4.78 is 34.4. The second-order valence-electron chi connectivity index (χ2n) is 8.12. The number of thiazole rings is 1. The van der Waals surface area contributed by atoms with Gasteiger partial charge in [-0.1, -0.05) is 24.3 Å². The normalized spacial score (nSPS) is 20.5. The van der Waals surface area contributed by atoms with Crippen molar-refractivity contribution in [3.63, 3.8) is 0 Å². The molecule has 32 heavy (non-hydrogen) atoms. The van der Waals surface area contributed by atoms with Gasteiger partial charge in [-0.05, 0) is 37.1 Å². The first-order valence-corrected chi connectivity index (χ1v) is 13.1. The third-order valence-corrected chi connectivity index (χ3v) is 9.23. The van der Waals surface area contributed by atoms with Crippen molar-refractivity contribution in [3.05, 3.63) is 59.1 Å². The van der Waals surface area contributed by atoms with Crippen molar-refractivity contribution in [2.24, 2.45) is 0 Å². The van der Waals surface area contributed by atoms with E-state index in [0.29, 0.717) is 39.4 Å². The highest BCUT2D eigenvalue weighted by atomic mass is 32.2. The summed E-state index contributed by atoms with van der Waals surface area (Å²) in [6, 6.07) is 14.6. The molecule has 2 aromatic carbocycles. The lowest BCUT2D eigenvalue weighted by Crippen LogP contribution is -2.42. The molecular weight excluding hydrogens is 446 g/mol. The van der Waals surface area contributed by atoms with Crippen molar-refractivity contribution in [2.45, 2.75) is 23.7 Å². The Balaban J connectivity index is 1.40. The number of carbonyl (C=O) groups is 1. The van der Waals surface area contributed by atoms with Crippen molar-refractivity contribution < 1.29 is 17.9 Å². The molecular formula is C23H25N3O4S2. The summed E-state index contributed by atoms with van der Waals surface area (Å²) in [5, 5.41) is 1.04. The first kappa shape index (κ1) is 21.5. The monoisotopic (exact) mass is 471 g/mol. The molecule has 0 aliphatic carbocycles. The number of para-hydroxylation sites is 1. The number of amides is 1. The van der Waals surface area contributed by atoms with Gasteiger partial charge in [-0.2, -0.15) is 4.31 Å². The number of ether oxygens (including phenoxy) is 1. The molecule has 168 valence electrons. The summed E-state index contributed by atoms with van der Waals surface area (Å²) in [6.07, 6.45) is 1.84. The Kier molecular flexibility index (Phi) is 5.98. The lowest BCUT2D eigenvalue weighted by molar-refractivity contribution is 0.0698. The number of morpholine rings is 1. The van der Waals surface area contributed by atoms with Crippen LogP contribution in [0, 0.1) is 0 Å². The number of sulfonamides is 1. The number of likely N-dealkylation sites (tertiary alicyclic amines) is 1. The Morgan fingerprint density at radius 1 is 1.03 bits per heavy atom. The van der Waals surface area contributed by atoms with Gasteiger partial charge < -0.3 is 9.64 Å². The Hall–Kier alpha value is -2.33. The van der Waals surface area contributed by atoms with Crippen LogP contribution in [0.4, 0.5) is 0 Å². The molecule has 1 aromatic heterocycles. The van der Waals surface area contributed by atoms with Gasteiger partial charge in [-0.25, -0.2) is 13.4 Å². The fourth-order valence-corrected chi connectivity index (χ4v) is 7.08. The van der Waals surface area contributed by atoms with E-state index in [1.807, 2.05) is 18.2 Å². The SMILES string of the molecule is O=C(c1ccccc1S(=O)(=O)N1CCOCC1)N1CCCC(c2nc3ccccc3s2)C1. The van der Waals surface area contributed by atoms with E-state index >= 15 is 0 Å². The number of carbonyl (C=O) groups excluding carboxylic acids is 1. The van der Waals surface area contributed by atoms with Crippen LogP contribution >= 0.6 is 11.3 Å². The zero-order valence-electron chi connectivity index (χ0n) is 17.6. The van der Waals surface area contributed by atoms with Crippen LogP contribution in [0.5, 0.6) is 0 Å². The van der Waals surface area contributed by atoms with E-state index < -0.39 is 10.0 Å². The molecule has 7 nitrogen and oxygen atoms in total. The number of hydrogen-bond donors (Lipinski definition) is 0. The summed E-state index contributed by atoms with van der Waals surface area (Å²) in [6.45, 7) is 2.50. The summed E-state index contributed by atoms with van der Waals surface area (Å²) in [5.74, 6) is -0.0728. The Morgan fingerprint density at radius 3 is 2.59 bits per heavy atom. The number of nitrogens with zero attached hydrogens (tertiary/aromatic N) is 3. The molecule has 2 aliphatic heterocycles. The molecule has 3 aromatic rings. The average molecular weight is 472 g/mol. The maximum atomic E-state index is 13.5. The van der Waals surface area contributed by atoms with Crippen LogP contribution in [-0.4, -0.2) is 67.9 Å². The molecule has 1 amide bonds. The van der Waals surface area contributed by atoms with Crippen LogP contribution in [-0.2, 0) is 14.8 Å². The number of piperidine rings is 1. The second kappa shape index (κ2) is 8.90. The molecule has 2 aliphatic rings. The van der Waals surface area contributed by atoms with E-state index in [1.165, 1.54) is 10.4 Å². The van der Waals surface area contributed by atoms with E-state index in [0.717, 1.165) is 28.1 Å². The lowest BCUT2D eigenvalue weighted by atomic mass is 9.98. The quantitative estimate of drug-likeness (QED) is 0.583. The van der Waals surface area contributed by atoms with E-state index in [4.69, 9.17) is 9.72 Å². The molecule has 2 saturated heterocycles. The highest BCUT2D eigenvalue weighted by Crippen LogP contribution is 2.34. The smallest absolute Gasteiger partial charge is 0.255 e. The first-order chi connectivity index (χ1) is 15.5. The number of fused-ring (bicyclic) bond motifs is 1. The fraction of sp³-hybridized carbons (Fsp3) is 0.391. The lowest BCUT2D eigenvalue weighted by Gasteiger charge is -2.33. The second-order valence-corrected chi connectivity index (χ2v) is 11.1. The molecule has 0 radical (unpaired) electrons. The molecule has 0 spiro atoms. The Bertz CT molecular complexity index is 1200. The van der Waals surface area contributed by atoms with Gasteiger partial charge in [0.25, 0.3) is 5.91 Å². The molecule has 1 atom stereocenters. The maximum absolute atomic E-state index is 13.5. The van der Waals surface area contributed by atoms with E-state index in [-0.39, 0.29) is 22.3 Å². The molecule has 2 fully saturated rings. The van der Waals surface area contributed by atoms with Crippen molar-refractivity contribution in [1.82, 2.24) is 14.2 Å². The van der Waals surface area contributed by atoms with Gasteiger partial charge in [-0.3, -0.25) is 4.79 Å². The topological polar surface area (TPSA) is 79.8 Å². The first-order valence-electron chi connectivity index (χ1n) is 10.9. The van der Waals surface area contributed by atoms with Gasteiger partial charge in [0.15, 0.2) is 0 Å². The van der Waals surface area contributed by atoms with E-state index in [9.17, 15) is 13.2 Å². The summed E-state index contributed by atoms with van der Waals surface area (Å²) in [4.78, 5) is 20.2. The van der Waals surface area contributed by atoms with Crippen LogP contribution in [0.25, 0.3) is 10.2 Å². The molecule has 0 bridgehead atoms. The van der Waals surface area contributed by atoms with Gasteiger partial charge in [0.2, 0.25) is 10.0 Å². The van der Waals surface area contributed by atoms with Crippen molar-refractivity contribution in [3.8, 4) is 0 Å². The molecule has 3 heterocycles. The molecule has 0 saturated carbocycles. The number of rotatable bonds is 4. The van der Waals surface area contributed by atoms with Crippen molar-refractivity contribution >= 4 is 37.5 Å². The molecule has 1 unspecified atom stereocenters. The number of hydrogen-bond acceptors (Lipinski definition) is 6. The zero-order chi connectivity index (χ0) is 22.1. The largest absolute Gasteiger partial charge is 0.379 e. The highest BCUT2D eigenvalue weighted by Gasteiger charge is 2.33. The third-order valence-electron chi connectivity index (χ3n) is 6.07. The summed E-state index contributed by atoms with van der Waals surface area (Å²) >= 11 is 1.68. The summed E-state index contributed by atoms with van der Waals surface area (Å²) in [7, 11) is -3.76. The van der Waals surface area contributed by atoms with Gasteiger partial charge in [0.1, 0.15) is 0 Å². The maximum Gasteiger partial charge on any atom is 0.255 e. The number of aromatic nitrogens is 1. The van der Waals surface area contributed by atoms with Crippen LogP contribution < -0.4 is 0 Å². The standard InChI is InChI=1S/C23H25N3O4S2/c27-23(18-7-1-4-10-21(18)32(28,29)26-12-14-30-15-13-26)25-11-5-6-17(16-25)22-24-19-8-2-3-9-20(19)31-22/h1-4,7-10,17H,5-6,11-16H2. The van der Waals surface area contributed by atoms with Crippen LogP contribution in [0.2, 0.25) is 0 Å². The van der Waals surface area contributed by atoms with Crippen LogP contribution in [0.3, 0.4) is 0 Å². The molecule has 5 rings (SSSR count). The van der Waals surface area contributed by atoms with Gasteiger partial charge in [-0.15, -0.1) is 11.3 Å². The number of benzene rings is 2. The molecule has 9 heteroatoms. The molecule has 0 N–H and O–H groups in total. The Labute approximate surface area is 191 Å². The van der Waals surface area contributed by atoms with Crippen LogP contribution in [0.1, 0.15) is 34.1 Å². The van der Waals surface area contributed by atoms with Gasteiger partial charge in [0.05, 0.1) is 38.9 Å². The van der Waals surface area contributed by atoms with Crippen molar-refractivity contribution in [1.29, 1.82) is 0 Å². The zero-order valence-corrected chi connectivity index (χ0v) is 19.3. The highest BCUT2D eigenvalue weighted by molar-refractivity contribution is 7.89. The van der Waals surface area contributed by atoms with Gasteiger partial charge >= 0.3 is 0 Å². The van der Waals surface area contributed by atoms with Gasteiger partial charge in [0, 0.05) is 32.1 Å². The minimum absolute atomic E-state index is 0.0778. The van der Waals surface area contributed by atoms with Crippen molar-refractivity contribution in [2.75, 3.05) is 39.4 Å². The fourth-order valence-electron chi connectivity index (χ4n) is 4.39.